The lowest BCUT2D eigenvalue weighted by Crippen LogP contribution is -2.48. The Hall–Kier alpha value is -1.12. The Bertz CT molecular complexity index is 431. The van der Waals surface area contributed by atoms with Crippen molar-refractivity contribution in [3.63, 3.8) is 0 Å². The van der Waals surface area contributed by atoms with Gasteiger partial charge in [0.25, 0.3) is 5.97 Å². The van der Waals surface area contributed by atoms with Crippen molar-refractivity contribution >= 4 is 37.4 Å². The minimum absolute atomic E-state index is 0.237. The SMILES string of the molecule is BC(B)(C(=O)OCC)C(B)(B)c1ccc(F)cc1. The standard InChI is InChI=1S/C11H17B4FO2/c1-2-18-9(17)11(14,15)10(12,13)7-3-5-8(16)6-4-7/h3-6H,2,12-15H2,1H3. The van der Waals surface area contributed by atoms with Gasteiger partial charge in [0.2, 0.25) is 0 Å². The predicted octanol–water partition coefficient (Wildman–Crippen LogP) is -1.81. The molecule has 92 valence electrons. The van der Waals surface area contributed by atoms with E-state index in [4.69, 9.17) is 4.74 Å². The normalized spacial score (nSPS) is 12.1. The number of hydrogen-bond donors (Lipinski definition) is 0. The molecule has 0 radical (unpaired) electrons. The highest BCUT2D eigenvalue weighted by molar-refractivity contribution is 6.60. The zero-order chi connectivity index (χ0) is 14.0. The topological polar surface area (TPSA) is 26.3 Å². The molecule has 0 atom stereocenters. The highest BCUT2D eigenvalue weighted by Gasteiger charge is 2.44. The molecule has 0 N–H and O–H groups in total. The number of benzene rings is 1. The van der Waals surface area contributed by atoms with Crippen LogP contribution in [0.3, 0.4) is 0 Å². The van der Waals surface area contributed by atoms with Crippen LogP contribution in [0.2, 0.25) is 5.21 Å². The Morgan fingerprint density at radius 3 is 2.17 bits per heavy atom. The third kappa shape index (κ3) is 2.65. The Kier molecular flexibility index (Phi) is 4.36. The van der Waals surface area contributed by atoms with E-state index in [0.717, 1.165) is 5.56 Å². The molecule has 0 spiro atoms. The molecule has 0 saturated carbocycles. The third-order valence-electron chi connectivity index (χ3n) is 3.91. The number of rotatable bonds is 4. The van der Waals surface area contributed by atoms with E-state index in [1.165, 1.54) is 12.1 Å². The highest BCUT2D eigenvalue weighted by atomic mass is 19.1. The molecule has 0 unspecified atom stereocenters. The summed E-state index contributed by atoms with van der Waals surface area (Å²) in [6.07, 6.45) is 0. The van der Waals surface area contributed by atoms with Gasteiger partial charge in [-0.1, -0.05) is 22.9 Å². The molecule has 0 heterocycles. The van der Waals surface area contributed by atoms with E-state index >= 15 is 0 Å². The number of hydrogen-bond acceptors (Lipinski definition) is 2. The summed E-state index contributed by atoms with van der Waals surface area (Å²) in [6, 6.07) is 6.27. The van der Waals surface area contributed by atoms with Gasteiger partial charge in [-0.3, -0.25) is 4.79 Å². The maximum absolute atomic E-state index is 13.0. The summed E-state index contributed by atoms with van der Waals surface area (Å²) in [4.78, 5) is 12.1. The smallest absolute Gasteiger partial charge is 0.295 e. The highest BCUT2D eigenvalue weighted by Crippen LogP contribution is 2.39. The molecular weight excluding hydrogens is 226 g/mol. The quantitative estimate of drug-likeness (QED) is 0.460. The van der Waals surface area contributed by atoms with Crippen molar-refractivity contribution in [2.45, 2.75) is 17.4 Å². The Balaban J connectivity index is 3.11. The summed E-state index contributed by atoms with van der Waals surface area (Å²) in [7, 11) is 7.65. The van der Waals surface area contributed by atoms with Crippen LogP contribution in [0.25, 0.3) is 0 Å². The fourth-order valence-electron chi connectivity index (χ4n) is 1.79. The molecule has 0 amide bonds. The first-order chi connectivity index (χ1) is 8.23. The van der Waals surface area contributed by atoms with Gasteiger partial charge < -0.3 is 4.74 Å². The summed E-state index contributed by atoms with van der Waals surface area (Å²) >= 11 is 0. The molecular formula is C11H17B4FO2. The van der Waals surface area contributed by atoms with Crippen LogP contribution in [0.1, 0.15) is 12.5 Å². The summed E-state index contributed by atoms with van der Waals surface area (Å²) < 4.78 is 18.1. The fourth-order valence-corrected chi connectivity index (χ4v) is 1.79. The first-order valence-corrected chi connectivity index (χ1v) is 6.16. The average molecular weight is 244 g/mol. The molecule has 0 bridgehead atoms. The van der Waals surface area contributed by atoms with Gasteiger partial charge in [-0.05, 0) is 19.1 Å². The molecule has 1 aromatic carbocycles. The van der Waals surface area contributed by atoms with E-state index in [0.29, 0.717) is 6.61 Å². The molecule has 18 heavy (non-hydrogen) atoms. The van der Waals surface area contributed by atoms with Gasteiger partial charge in [0.15, 0.2) is 0 Å². The minimum atomic E-state index is -0.680. The average Bonchev–Trinajstić information content (AvgIpc) is 2.29. The molecule has 1 rings (SSSR count). The molecule has 0 fully saturated rings. The van der Waals surface area contributed by atoms with Crippen LogP contribution >= 0.6 is 0 Å². The van der Waals surface area contributed by atoms with E-state index in [1.54, 1.807) is 19.1 Å². The van der Waals surface area contributed by atoms with Gasteiger partial charge in [-0.25, -0.2) is 4.39 Å². The molecule has 0 aromatic heterocycles. The first-order valence-electron chi connectivity index (χ1n) is 6.16. The molecule has 2 nitrogen and oxygen atoms in total. The Labute approximate surface area is 111 Å². The second kappa shape index (κ2) is 5.25. The lowest BCUT2D eigenvalue weighted by molar-refractivity contribution is -0.144. The van der Waals surface area contributed by atoms with Gasteiger partial charge >= 0.3 is 0 Å². The lowest BCUT2D eigenvalue weighted by Gasteiger charge is -2.40. The van der Waals surface area contributed by atoms with Crippen molar-refractivity contribution in [1.82, 2.24) is 0 Å². The number of halogens is 1. The molecule has 1 aromatic rings. The van der Waals surface area contributed by atoms with Crippen LogP contribution < -0.4 is 0 Å². The molecule has 0 aliphatic heterocycles. The molecule has 0 saturated heterocycles. The first kappa shape index (κ1) is 14.9. The number of carbonyl (C=O) groups excluding carboxylic acids is 1. The van der Waals surface area contributed by atoms with Crippen LogP contribution in [-0.2, 0) is 14.7 Å². The maximum atomic E-state index is 13.0. The van der Waals surface area contributed by atoms with E-state index in [2.05, 4.69) is 0 Å². The molecule has 0 aliphatic rings. The van der Waals surface area contributed by atoms with Gasteiger partial charge in [0.1, 0.15) is 37.2 Å². The lowest BCUT2D eigenvalue weighted by atomic mass is 9.28. The van der Waals surface area contributed by atoms with Gasteiger partial charge in [-0.2, -0.15) is 0 Å². The van der Waals surface area contributed by atoms with E-state index in [1.807, 2.05) is 31.4 Å². The molecule has 7 heteroatoms. The summed E-state index contributed by atoms with van der Waals surface area (Å²) in [5.74, 6) is -0.511. The summed E-state index contributed by atoms with van der Waals surface area (Å²) in [5, 5.41) is -1.12. The number of carbonyl (C=O) groups is 1. The van der Waals surface area contributed by atoms with Crippen LogP contribution in [0.4, 0.5) is 4.39 Å². The van der Waals surface area contributed by atoms with E-state index < -0.39 is 10.4 Å². The van der Waals surface area contributed by atoms with E-state index in [9.17, 15) is 9.18 Å². The van der Waals surface area contributed by atoms with Crippen LogP contribution in [0.5, 0.6) is 0 Å². The van der Waals surface area contributed by atoms with Crippen molar-refractivity contribution in [2.75, 3.05) is 6.61 Å². The Morgan fingerprint density at radius 2 is 1.72 bits per heavy atom. The maximum Gasteiger partial charge on any atom is 0.295 e. The van der Waals surface area contributed by atoms with E-state index in [-0.39, 0.29) is 11.8 Å². The van der Waals surface area contributed by atoms with Crippen LogP contribution in [0, 0.1) is 5.82 Å². The second-order valence-electron chi connectivity index (χ2n) is 5.48. The predicted molar refractivity (Wildman–Crippen MR) is 81.6 cm³/mol. The van der Waals surface area contributed by atoms with Crippen molar-refractivity contribution < 1.29 is 13.9 Å². The number of ether oxygens (including phenoxy) is 1. The largest absolute Gasteiger partial charge is 0.467 e. The Morgan fingerprint density at radius 1 is 1.22 bits per heavy atom. The van der Waals surface area contributed by atoms with Crippen molar-refractivity contribution in [3.8, 4) is 0 Å². The van der Waals surface area contributed by atoms with Crippen molar-refractivity contribution in [1.29, 1.82) is 0 Å². The van der Waals surface area contributed by atoms with Gasteiger partial charge in [0.05, 0.1) is 6.61 Å². The van der Waals surface area contributed by atoms with Crippen molar-refractivity contribution in [2.24, 2.45) is 0 Å². The van der Waals surface area contributed by atoms with Gasteiger partial charge in [0, 0.05) is 5.21 Å². The summed E-state index contributed by atoms with van der Waals surface area (Å²) in [6.45, 7) is 2.15. The van der Waals surface area contributed by atoms with Crippen LogP contribution in [0.15, 0.2) is 24.3 Å². The third-order valence-corrected chi connectivity index (χ3v) is 3.91. The summed E-state index contributed by atoms with van der Waals surface area (Å²) in [5.41, 5.74) is 0.918. The zero-order valence-corrected chi connectivity index (χ0v) is 11.7. The van der Waals surface area contributed by atoms with Crippen molar-refractivity contribution in [3.05, 3.63) is 35.6 Å². The van der Waals surface area contributed by atoms with Gasteiger partial charge in [-0.15, -0.1) is 0 Å². The second-order valence-corrected chi connectivity index (χ2v) is 5.48. The monoisotopic (exact) mass is 244 g/mol. The molecule has 0 aliphatic carbocycles. The minimum Gasteiger partial charge on any atom is -0.467 e. The van der Waals surface area contributed by atoms with Crippen LogP contribution in [-0.4, -0.2) is 44.0 Å². The zero-order valence-electron chi connectivity index (χ0n) is 11.7. The fraction of sp³-hybridized carbons (Fsp3) is 0.364. The number of esters is 1.